The molecule has 0 spiro atoms. The number of fused-ring (bicyclic) bond motifs is 2. The van der Waals surface area contributed by atoms with Crippen molar-refractivity contribution < 1.29 is 9.59 Å². The van der Waals surface area contributed by atoms with E-state index in [1.807, 2.05) is 97.1 Å². The van der Waals surface area contributed by atoms with E-state index in [1.165, 1.54) is 0 Å². The number of rotatable bonds is 11. The molecule has 2 aromatic heterocycles. The Bertz CT molecular complexity index is 1620. The minimum Gasteiger partial charge on any atom is -0.338 e. The van der Waals surface area contributed by atoms with Gasteiger partial charge in [0.1, 0.15) is 11.6 Å². The maximum absolute atomic E-state index is 12.4. The number of anilines is 2. The molecule has 0 saturated heterocycles. The molecular formula is C34H32N6O2. The van der Waals surface area contributed by atoms with Crippen LogP contribution in [-0.2, 0) is 9.59 Å². The van der Waals surface area contributed by atoms with E-state index in [2.05, 4.69) is 30.6 Å². The van der Waals surface area contributed by atoms with Crippen LogP contribution in [0.1, 0.15) is 38.5 Å². The third-order valence-corrected chi connectivity index (χ3v) is 7.22. The molecule has 8 nitrogen and oxygen atoms in total. The van der Waals surface area contributed by atoms with Crippen LogP contribution >= 0.6 is 0 Å². The Balaban J connectivity index is 0.872. The normalized spacial score (nSPS) is 11.1. The van der Waals surface area contributed by atoms with Gasteiger partial charge >= 0.3 is 0 Å². The van der Waals surface area contributed by atoms with Gasteiger partial charge in [-0.1, -0.05) is 37.1 Å². The molecule has 2 amide bonds. The Morgan fingerprint density at radius 3 is 1.33 bits per heavy atom. The number of nitrogens with zero attached hydrogens (tertiary/aromatic N) is 2. The van der Waals surface area contributed by atoms with Gasteiger partial charge in [0, 0.05) is 35.3 Å². The number of unbranched alkanes of at least 4 members (excludes halogenated alkanes) is 3. The molecule has 210 valence electrons. The number of carbonyl (C=O) groups excluding carboxylic acids is 2. The molecule has 0 aliphatic heterocycles. The third-order valence-electron chi connectivity index (χ3n) is 7.22. The second-order valence-electron chi connectivity index (χ2n) is 10.4. The Kier molecular flexibility index (Phi) is 8.03. The summed E-state index contributed by atoms with van der Waals surface area (Å²) < 4.78 is 0. The molecule has 0 saturated carbocycles. The van der Waals surface area contributed by atoms with Gasteiger partial charge < -0.3 is 20.6 Å². The predicted octanol–water partition coefficient (Wildman–Crippen LogP) is 7.69. The molecule has 4 aromatic carbocycles. The predicted molar refractivity (Wildman–Crippen MR) is 168 cm³/mol. The van der Waals surface area contributed by atoms with Crippen LogP contribution in [0.4, 0.5) is 11.4 Å². The van der Waals surface area contributed by atoms with Gasteiger partial charge in [0.05, 0.1) is 22.1 Å². The van der Waals surface area contributed by atoms with Gasteiger partial charge in [0.2, 0.25) is 11.8 Å². The third kappa shape index (κ3) is 6.55. The quantitative estimate of drug-likeness (QED) is 0.122. The summed E-state index contributed by atoms with van der Waals surface area (Å²) in [6.45, 7) is 0. The lowest BCUT2D eigenvalue weighted by Crippen LogP contribution is -2.11. The van der Waals surface area contributed by atoms with Crippen molar-refractivity contribution in [1.29, 1.82) is 0 Å². The van der Waals surface area contributed by atoms with Crippen molar-refractivity contribution in [3.8, 4) is 22.8 Å². The zero-order valence-electron chi connectivity index (χ0n) is 23.2. The Morgan fingerprint density at radius 2 is 0.929 bits per heavy atom. The Labute approximate surface area is 243 Å². The second kappa shape index (κ2) is 12.5. The Hall–Kier alpha value is -5.24. The van der Waals surface area contributed by atoms with E-state index in [4.69, 9.17) is 0 Å². The van der Waals surface area contributed by atoms with Crippen LogP contribution < -0.4 is 10.6 Å². The lowest BCUT2D eigenvalue weighted by Gasteiger charge is -2.07. The van der Waals surface area contributed by atoms with Gasteiger partial charge in [-0.2, -0.15) is 0 Å². The zero-order chi connectivity index (χ0) is 28.7. The summed E-state index contributed by atoms with van der Waals surface area (Å²) in [4.78, 5) is 40.7. The van der Waals surface area contributed by atoms with Gasteiger partial charge in [-0.25, -0.2) is 9.97 Å². The van der Waals surface area contributed by atoms with Crippen molar-refractivity contribution in [1.82, 2.24) is 19.9 Å². The van der Waals surface area contributed by atoms with Crippen LogP contribution in [0.25, 0.3) is 44.8 Å². The smallest absolute Gasteiger partial charge is 0.224 e. The fourth-order valence-electron chi connectivity index (χ4n) is 4.97. The summed E-state index contributed by atoms with van der Waals surface area (Å²) in [6, 6.07) is 31.2. The maximum atomic E-state index is 12.4. The summed E-state index contributed by atoms with van der Waals surface area (Å²) in [7, 11) is 0. The van der Waals surface area contributed by atoms with E-state index in [-0.39, 0.29) is 11.8 Å². The Morgan fingerprint density at radius 1 is 0.524 bits per heavy atom. The van der Waals surface area contributed by atoms with Crippen LogP contribution in [0.15, 0.2) is 97.1 Å². The molecule has 4 N–H and O–H groups in total. The van der Waals surface area contributed by atoms with E-state index in [0.29, 0.717) is 12.8 Å². The van der Waals surface area contributed by atoms with Crippen molar-refractivity contribution in [3.05, 3.63) is 97.1 Å². The molecular weight excluding hydrogens is 524 g/mol. The van der Waals surface area contributed by atoms with Crippen LogP contribution in [0.3, 0.4) is 0 Å². The first-order valence-corrected chi connectivity index (χ1v) is 14.3. The molecule has 6 aromatic rings. The highest BCUT2D eigenvalue weighted by atomic mass is 16.2. The van der Waals surface area contributed by atoms with Gasteiger partial charge in [-0.05, 0) is 85.6 Å². The highest BCUT2D eigenvalue weighted by Crippen LogP contribution is 2.23. The van der Waals surface area contributed by atoms with E-state index in [9.17, 15) is 9.59 Å². The average Bonchev–Trinajstić information content (AvgIpc) is 3.64. The van der Waals surface area contributed by atoms with E-state index in [1.54, 1.807) is 0 Å². The number of aromatic nitrogens is 4. The van der Waals surface area contributed by atoms with E-state index >= 15 is 0 Å². The van der Waals surface area contributed by atoms with Gasteiger partial charge in [-0.15, -0.1) is 0 Å². The topological polar surface area (TPSA) is 116 Å². The highest BCUT2D eigenvalue weighted by molar-refractivity contribution is 5.91. The van der Waals surface area contributed by atoms with Crippen LogP contribution in [0, 0.1) is 0 Å². The van der Waals surface area contributed by atoms with E-state index in [0.717, 1.165) is 81.9 Å². The summed E-state index contributed by atoms with van der Waals surface area (Å²) in [5, 5.41) is 5.93. The first kappa shape index (κ1) is 27.0. The number of aromatic amines is 2. The summed E-state index contributed by atoms with van der Waals surface area (Å²) in [5.74, 6) is 1.60. The molecule has 42 heavy (non-hydrogen) atoms. The summed E-state index contributed by atoms with van der Waals surface area (Å²) in [6.07, 6.45) is 4.28. The second-order valence-corrected chi connectivity index (χ2v) is 10.4. The van der Waals surface area contributed by atoms with Crippen molar-refractivity contribution >= 4 is 45.3 Å². The molecule has 0 radical (unpaired) electrons. The van der Waals surface area contributed by atoms with Crippen LogP contribution in [0.2, 0.25) is 0 Å². The molecule has 0 aliphatic rings. The number of H-pyrrole nitrogens is 2. The number of hydrogen-bond acceptors (Lipinski definition) is 4. The molecule has 0 aliphatic carbocycles. The van der Waals surface area contributed by atoms with Gasteiger partial charge in [0.15, 0.2) is 0 Å². The monoisotopic (exact) mass is 556 g/mol. The first-order valence-electron chi connectivity index (χ1n) is 14.3. The number of hydrogen-bond donors (Lipinski definition) is 4. The molecule has 0 fully saturated rings. The number of benzene rings is 4. The van der Waals surface area contributed by atoms with Gasteiger partial charge in [0.25, 0.3) is 0 Å². The summed E-state index contributed by atoms with van der Waals surface area (Å²) in [5.41, 5.74) is 7.31. The lowest BCUT2D eigenvalue weighted by molar-refractivity contribution is -0.117. The van der Waals surface area contributed by atoms with Crippen molar-refractivity contribution in [2.45, 2.75) is 38.5 Å². The fourth-order valence-corrected chi connectivity index (χ4v) is 4.97. The highest BCUT2D eigenvalue weighted by Gasteiger charge is 2.08. The minimum absolute atomic E-state index is 0.00433. The maximum Gasteiger partial charge on any atom is 0.224 e. The van der Waals surface area contributed by atoms with Crippen LogP contribution in [0.5, 0.6) is 0 Å². The number of amides is 2. The van der Waals surface area contributed by atoms with Crippen molar-refractivity contribution in [2.75, 3.05) is 10.6 Å². The summed E-state index contributed by atoms with van der Waals surface area (Å²) >= 11 is 0. The standard InChI is InChI=1S/C34H32N6O2/c41-31(35-25-19-15-23(16-20-25)33-37-27-9-5-6-10-28(27)38-33)13-3-1-2-4-14-32(42)36-26-21-17-24(18-22-26)34-39-29-11-7-8-12-30(29)40-34/h5-12,15-22H,1-4,13-14H2,(H,35,41)(H,36,42)(H,37,38)(H,39,40). The van der Waals surface area contributed by atoms with Crippen molar-refractivity contribution in [3.63, 3.8) is 0 Å². The zero-order valence-corrected chi connectivity index (χ0v) is 23.2. The average molecular weight is 557 g/mol. The number of imidazole rings is 2. The molecule has 2 heterocycles. The molecule has 0 bridgehead atoms. The molecule has 0 atom stereocenters. The lowest BCUT2D eigenvalue weighted by atomic mass is 10.1. The largest absolute Gasteiger partial charge is 0.338 e. The minimum atomic E-state index is -0.00433. The van der Waals surface area contributed by atoms with Crippen molar-refractivity contribution in [2.24, 2.45) is 0 Å². The number of nitrogens with one attached hydrogen (secondary N) is 4. The number of para-hydroxylation sites is 4. The first-order chi connectivity index (χ1) is 20.6. The van der Waals surface area contributed by atoms with Crippen LogP contribution in [-0.4, -0.2) is 31.8 Å². The van der Waals surface area contributed by atoms with Gasteiger partial charge in [-0.3, -0.25) is 9.59 Å². The SMILES string of the molecule is O=C(CCCCCCC(=O)Nc1ccc(-c2nc3ccccc3[nH]2)cc1)Nc1ccc(-c2nc3ccccc3[nH]2)cc1. The molecule has 0 unspecified atom stereocenters. The molecule has 6 rings (SSSR count). The fraction of sp³-hybridized carbons (Fsp3) is 0.176. The number of carbonyl (C=O) groups is 2. The molecule has 8 heteroatoms. The van der Waals surface area contributed by atoms with E-state index < -0.39 is 0 Å².